The maximum atomic E-state index is 5.99. The van der Waals surface area contributed by atoms with Gasteiger partial charge < -0.3 is 10.5 Å². The molecule has 102 valence electrons. The van der Waals surface area contributed by atoms with Crippen molar-refractivity contribution >= 4 is 38.9 Å². The van der Waals surface area contributed by atoms with Crippen LogP contribution in [0.2, 0.25) is 4.34 Å². The van der Waals surface area contributed by atoms with Gasteiger partial charge >= 0.3 is 0 Å². The Labute approximate surface area is 130 Å². The number of aryl methyl sites for hydroxylation is 2. The zero-order valence-electron chi connectivity index (χ0n) is 10.7. The predicted octanol–water partition coefficient (Wildman–Crippen LogP) is 4.86. The van der Waals surface area contributed by atoms with Crippen LogP contribution in [0.5, 0.6) is 5.75 Å². The van der Waals surface area contributed by atoms with Crippen molar-refractivity contribution in [3.8, 4) is 5.75 Å². The number of ether oxygens (including phenoxy) is 1. The Kier molecular flexibility index (Phi) is 4.90. The molecule has 0 aliphatic heterocycles. The van der Waals surface area contributed by atoms with Crippen LogP contribution in [0.4, 0.5) is 0 Å². The summed E-state index contributed by atoms with van der Waals surface area (Å²) >= 11 is 11.0. The molecule has 0 spiro atoms. The normalized spacial score (nSPS) is 12.5. The summed E-state index contributed by atoms with van der Waals surface area (Å²) in [7, 11) is 0. The number of benzene rings is 1. The van der Waals surface area contributed by atoms with Gasteiger partial charge in [-0.15, -0.1) is 11.3 Å². The molecule has 0 aliphatic carbocycles. The van der Waals surface area contributed by atoms with Gasteiger partial charge in [-0.05, 0) is 49.2 Å². The highest BCUT2D eigenvalue weighted by Crippen LogP contribution is 2.32. The van der Waals surface area contributed by atoms with E-state index < -0.39 is 0 Å². The molecule has 2 aromatic rings. The van der Waals surface area contributed by atoms with Crippen molar-refractivity contribution in [1.82, 2.24) is 0 Å². The summed E-state index contributed by atoms with van der Waals surface area (Å²) in [6.45, 7) is 4.51. The van der Waals surface area contributed by atoms with E-state index in [9.17, 15) is 0 Å². The third-order valence-electron chi connectivity index (χ3n) is 2.81. The Morgan fingerprint density at radius 2 is 1.95 bits per heavy atom. The average Bonchev–Trinajstić information content (AvgIpc) is 2.79. The maximum Gasteiger partial charge on any atom is 0.145 e. The zero-order chi connectivity index (χ0) is 14.0. The largest absolute Gasteiger partial charge is 0.484 e. The van der Waals surface area contributed by atoms with E-state index in [1.165, 1.54) is 11.3 Å². The molecule has 0 fully saturated rings. The molecule has 1 aromatic carbocycles. The summed E-state index contributed by atoms with van der Waals surface area (Å²) in [5.41, 5.74) is 8.09. The van der Waals surface area contributed by atoms with Gasteiger partial charge in [-0.3, -0.25) is 0 Å². The summed E-state index contributed by atoms with van der Waals surface area (Å²) < 4.78 is 7.85. The fourth-order valence-electron chi connectivity index (χ4n) is 1.86. The molecule has 5 heteroatoms. The second-order valence-corrected chi connectivity index (χ2v) is 6.89. The summed E-state index contributed by atoms with van der Waals surface area (Å²) in [5, 5.41) is 0. The molecule has 1 heterocycles. The predicted molar refractivity (Wildman–Crippen MR) is 85.4 cm³/mol. The Balaban J connectivity index is 2.23. The van der Waals surface area contributed by atoms with E-state index in [4.69, 9.17) is 22.1 Å². The molecule has 1 unspecified atom stereocenters. The lowest BCUT2D eigenvalue weighted by atomic mass is 10.1. The lowest BCUT2D eigenvalue weighted by molar-refractivity contribution is 0.218. The molecule has 0 amide bonds. The summed E-state index contributed by atoms with van der Waals surface area (Å²) in [5.74, 6) is 0.832. The molecule has 0 bridgehead atoms. The Hall–Kier alpha value is -0.550. The van der Waals surface area contributed by atoms with Crippen molar-refractivity contribution in [3.05, 3.63) is 49.1 Å². The highest BCUT2D eigenvalue weighted by molar-refractivity contribution is 9.10. The van der Waals surface area contributed by atoms with Gasteiger partial charge in [-0.1, -0.05) is 27.5 Å². The smallest absolute Gasteiger partial charge is 0.145 e. The third kappa shape index (κ3) is 3.51. The van der Waals surface area contributed by atoms with Crippen LogP contribution >= 0.6 is 38.9 Å². The molecule has 0 saturated heterocycles. The van der Waals surface area contributed by atoms with Crippen molar-refractivity contribution in [3.63, 3.8) is 0 Å². The first-order chi connectivity index (χ1) is 9.01. The fraction of sp³-hybridized carbons (Fsp3) is 0.286. The molecular formula is C14H15BrClNOS. The molecule has 0 aliphatic rings. The Morgan fingerprint density at radius 1 is 1.32 bits per heavy atom. The van der Waals surface area contributed by atoms with Gasteiger partial charge in [0, 0.05) is 15.9 Å². The van der Waals surface area contributed by atoms with Gasteiger partial charge in [0.05, 0.1) is 4.34 Å². The summed E-state index contributed by atoms with van der Waals surface area (Å²) in [4.78, 5) is 1.05. The minimum absolute atomic E-state index is 0.155. The number of hydrogen-bond acceptors (Lipinski definition) is 3. The number of halogens is 2. The van der Waals surface area contributed by atoms with Crippen LogP contribution in [0.1, 0.15) is 22.1 Å². The molecular weight excluding hydrogens is 346 g/mol. The Morgan fingerprint density at radius 3 is 2.42 bits per heavy atom. The average molecular weight is 361 g/mol. The highest BCUT2D eigenvalue weighted by atomic mass is 79.9. The van der Waals surface area contributed by atoms with Gasteiger partial charge in [-0.25, -0.2) is 0 Å². The van der Waals surface area contributed by atoms with Crippen molar-refractivity contribution in [2.24, 2.45) is 5.73 Å². The standard InChI is InChI=1S/C14H15BrClNOS/c1-8-5-10(6-9(2)14(8)15)18-11(7-17)12-3-4-13(16)19-12/h3-6,11H,7,17H2,1-2H3. The van der Waals surface area contributed by atoms with Crippen LogP contribution in [-0.4, -0.2) is 6.54 Å². The lowest BCUT2D eigenvalue weighted by Crippen LogP contribution is -2.17. The van der Waals surface area contributed by atoms with Gasteiger partial charge in [0.2, 0.25) is 0 Å². The van der Waals surface area contributed by atoms with E-state index in [1.54, 1.807) is 0 Å². The minimum atomic E-state index is -0.155. The second kappa shape index (κ2) is 6.27. The van der Waals surface area contributed by atoms with Gasteiger partial charge in [0.1, 0.15) is 11.9 Å². The van der Waals surface area contributed by atoms with Crippen molar-refractivity contribution in [2.75, 3.05) is 6.54 Å². The van der Waals surface area contributed by atoms with Crippen LogP contribution in [0, 0.1) is 13.8 Å². The van der Waals surface area contributed by atoms with Crippen LogP contribution in [0.3, 0.4) is 0 Å². The van der Waals surface area contributed by atoms with E-state index in [1.807, 2.05) is 38.1 Å². The zero-order valence-corrected chi connectivity index (χ0v) is 13.9. The quantitative estimate of drug-likeness (QED) is 0.845. The van der Waals surface area contributed by atoms with E-state index in [2.05, 4.69) is 15.9 Å². The van der Waals surface area contributed by atoms with Crippen LogP contribution in [0.15, 0.2) is 28.7 Å². The topological polar surface area (TPSA) is 35.2 Å². The molecule has 2 rings (SSSR count). The second-order valence-electron chi connectivity index (χ2n) is 4.36. The van der Waals surface area contributed by atoms with Crippen molar-refractivity contribution < 1.29 is 4.74 Å². The molecule has 0 saturated carbocycles. The first-order valence-corrected chi connectivity index (χ1v) is 7.88. The molecule has 0 radical (unpaired) electrons. The first-order valence-electron chi connectivity index (χ1n) is 5.90. The SMILES string of the molecule is Cc1cc(OC(CN)c2ccc(Cl)s2)cc(C)c1Br. The van der Waals surface area contributed by atoms with Crippen LogP contribution < -0.4 is 10.5 Å². The lowest BCUT2D eigenvalue weighted by Gasteiger charge is -2.17. The number of thiophene rings is 1. The molecule has 2 nitrogen and oxygen atoms in total. The molecule has 2 N–H and O–H groups in total. The van der Waals surface area contributed by atoms with Crippen molar-refractivity contribution in [1.29, 1.82) is 0 Å². The molecule has 19 heavy (non-hydrogen) atoms. The van der Waals surface area contributed by atoms with Crippen LogP contribution in [-0.2, 0) is 0 Å². The molecule has 1 atom stereocenters. The number of rotatable bonds is 4. The van der Waals surface area contributed by atoms with Crippen molar-refractivity contribution in [2.45, 2.75) is 20.0 Å². The minimum Gasteiger partial charge on any atom is -0.484 e. The van der Waals surface area contributed by atoms with Gasteiger partial charge in [-0.2, -0.15) is 0 Å². The van der Waals surface area contributed by atoms with E-state index >= 15 is 0 Å². The monoisotopic (exact) mass is 359 g/mol. The highest BCUT2D eigenvalue weighted by Gasteiger charge is 2.15. The molecule has 1 aromatic heterocycles. The van der Waals surface area contributed by atoms with Gasteiger partial charge in [0.15, 0.2) is 0 Å². The van der Waals surface area contributed by atoms with E-state index in [-0.39, 0.29) is 6.10 Å². The van der Waals surface area contributed by atoms with Gasteiger partial charge in [0.25, 0.3) is 0 Å². The summed E-state index contributed by atoms with van der Waals surface area (Å²) in [6.07, 6.45) is -0.155. The Bertz CT molecular complexity index is 562. The fourth-order valence-corrected chi connectivity index (χ4v) is 3.19. The van der Waals surface area contributed by atoms with E-state index in [0.717, 1.165) is 30.6 Å². The number of hydrogen-bond donors (Lipinski definition) is 1. The van der Waals surface area contributed by atoms with E-state index in [0.29, 0.717) is 6.54 Å². The third-order valence-corrected chi connectivity index (χ3v) is 5.39. The maximum absolute atomic E-state index is 5.99. The number of nitrogens with two attached hydrogens (primary N) is 1. The van der Waals surface area contributed by atoms with Crippen LogP contribution in [0.25, 0.3) is 0 Å². The summed E-state index contributed by atoms with van der Waals surface area (Å²) in [6, 6.07) is 7.85. The first kappa shape index (κ1) is 14.9.